The fourth-order valence-corrected chi connectivity index (χ4v) is 12.1. The molecule has 2 nitrogen and oxygen atoms in total. The van der Waals surface area contributed by atoms with Crippen molar-refractivity contribution in [2.75, 3.05) is 4.90 Å². The summed E-state index contributed by atoms with van der Waals surface area (Å²) in [5, 5.41) is 5.07. The minimum atomic E-state index is -0.241. The number of benzene rings is 7. The van der Waals surface area contributed by atoms with Crippen molar-refractivity contribution in [3.8, 4) is 22.3 Å². The van der Waals surface area contributed by atoms with Crippen LogP contribution in [0.3, 0.4) is 0 Å². The van der Waals surface area contributed by atoms with Crippen LogP contribution < -0.4 is 4.90 Å². The van der Waals surface area contributed by atoms with Gasteiger partial charge in [0, 0.05) is 47.6 Å². The third kappa shape index (κ3) is 5.04. The lowest BCUT2D eigenvalue weighted by atomic mass is 9.78. The highest BCUT2D eigenvalue weighted by Gasteiger charge is 2.42. The van der Waals surface area contributed by atoms with Crippen LogP contribution in [0.15, 0.2) is 132 Å². The number of para-hydroxylation sites is 1. The molecule has 0 fully saturated rings. The zero-order chi connectivity index (χ0) is 41.0. The number of nitrogens with zero attached hydrogens (tertiary/aromatic N) is 1. The first kappa shape index (κ1) is 36.4. The molecule has 0 N–H and O–H groups in total. The average molecular weight is 786 g/mol. The summed E-state index contributed by atoms with van der Waals surface area (Å²) in [6, 6.07) is 48.0. The molecule has 292 valence electrons. The number of hydrogen-bond donors (Lipinski definition) is 0. The Bertz CT molecular complexity index is 3240. The number of thiophene rings is 1. The smallest absolute Gasteiger partial charge is 0.137 e. The van der Waals surface area contributed by atoms with Crippen LogP contribution >= 0.6 is 11.3 Å². The molecule has 11 rings (SSSR count). The molecule has 59 heavy (non-hydrogen) atoms. The fraction of sp³-hybridized carbons (Fsp3) is 0.250. The van der Waals surface area contributed by atoms with Crippen molar-refractivity contribution < 1.29 is 4.42 Å². The highest BCUT2D eigenvalue weighted by molar-refractivity contribution is 7.26. The highest BCUT2D eigenvalue weighted by atomic mass is 32.1. The summed E-state index contributed by atoms with van der Waals surface area (Å²) in [5.74, 6) is 0. The lowest BCUT2D eigenvalue weighted by Crippen LogP contribution is -2.18. The van der Waals surface area contributed by atoms with Crippen LogP contribution in [0.25, 0.3) is 64.4 Å². The van der Waals surface area contributed by atoms with Gasteiger partial charge < -0.3 is 9.32 Å². The van der Waals surface area contributed by atoms with Crippen molar-refractivity contribution in [2.24, 2.45) is 0 Å². The van der Waals surface area contributed by atoms with Gasteiger partial charge in [-0.05, 0) is 109 Å². The van der Waals surface area contributed by atoms with E-state index in [9.17, 15) is 0 Å². The van der Waals surface area contributed by atoms with E-state index in [0.717, 1.165) is 33.3 Å². The molecule has 2 heterocycles. The summed E-state index contributed by atoms with van der Waals surface area (Å²) in [7, 11) is 0. The molecule has 2 aromatic heterocycles. The molecule has 0 spiro atoms. The van der Waals surface area contributed by atoms with Crippen molar-refractivity contribution in [1.82, 2.24) is 0 Å². The van der Waals surface area contributed by atoms with E-state index >= 15 is 0 Å². The third-order valence-corrected chi connectivity index (χ3v) is 14.9. The predicted octanol–water partition coefficient (Wildman–Crippen LogP) is 16.6. The zero-order valence-electron chi connectivity index (χ0n) is 35.9. The summed E-state index contributed by atoms with van der Waals surface area (Å²) >= 11 is 1.97. The minimum absolute atomic E-state index is 0.0137. The van der Waals surface area contributed by atoms with Crippen molar-refractivity contribution in [1.29, 1.82) is 0 Å². The Kier molecular flexibility index (Phi) is 7.40. The first-order chi connectivity index (χ1) is 28.0. The molecule has 0 bridgehead atoms. The third-order valence-electron chi connectivity index (χ3n) is 13.7. The first-order valence-electron chi connectivity index (χ1n) is 21.2. The number of hydrogen-bond acceptors (Lipinski definition) is 3. The molecule has 2 aliphatic rings. The second-order valence-electron chi connectivity index (χ2n) is 20.2. The first-order valence-corrected chi connectivity index (χ1v) is 22.0. The monoisotopic (exact) mass is 785 g/mol. The second-order valence-corrected chi connectivity index (χ2v) is 21.2. The van der Waals surface area contributed by atoms with E-state index < -0.39 is 0 Å². The Labute approximate surface area is 352 Å². The maximum absolute atomic E-state index is 6.57. The normalized spacial score (nSPS) is 15.2. The number of fused-ring (bicyclic) bond motifs is 13. The molecule has 3 heteroatoms. The Hall–Kier alpha value is -5.64. The topological polar surface area (TPSA) is 16.4 Å². The van der Waals surface area contributed by atoms with E-state index in [4.69, 9.17) is 4.42 Å². The van der Waals surface area contributed by atoms with E-state index in [1.165, 1.54) is 81.5 Å². The Balaban J connectivity index is 1.23. The summed E-state index contributed by atoms with van der Waals surface area (Å²) in [6.07, 6.45) is 0. The molecule has 7 aromatic carbocycles. The van der Waals surface area contributed by atoms with Crippen LogP contribution in [-0.4, -0.2) is 0 Å². The van der Waals surface area contributed by atoms with E-state index in [2.05, 4.69) is 202 Å². The van der Waals surface area contributed by atoms with E-state index in [1.54, 1.807) is 0 Å². The Morgan fingerprint density at radius 3 is 2.00 bits per heavy atom. The van der Waals surface area contributed by atoms with Gasteiger partial charge in [0.15, 0.2) is 0 Å². The van der Waals surface area contributed by atoms with Crippen molar-refractivity contribution in [3.63, 3.8) is 0 Å². The summed E-state index contributed by atoms with van der Waals surface area (Å²) < 4.78 is 9.35. The van der Waals surface area contributed by atoms with Gasteiger partial charge in [-0.25, -0.2) is 0 Å². The summed E-state index contributed by atoms with van der Waals surface area (Å²) in [6.45, 7) is 23.8. The molecular weight excluding hydrogens is 735 g/mol. The van der Waals surface area contributed by atoms with E-state index in [-0.39, 0.29) is 21.7 Å². The van der Waals surface area contributed by atoms with Gasteiger partial charge in [0.2, 0.25) is 0 Å². The fourth-order valence-electron chi connectivity index (χ4n) is 10.7. The maximum atomic E-state index is 6.57. The van der Waals surface area contributed by atoms with Gasteiger partial charge in [-0.1, -0.05) is 148 Å². The van der Waals surface area contributed by atoms with Gasteiger partial charge >= 0.3 is 0 Å². The largest absolute Gasteiger partial charge is 0.456 e. The lowest BCUT2D eigenvalue weighted by Gasteiger charge is -2.31. The Morgan fingerprint density at radius 1 is 0.525 bits per heavy atom. The number of furan rings is 1. The van der Waals surface area contributed by atoms with Crippen molar-refractivity contribution in [3.05, 3.63) is 161 Å². The van der Waals surface area contributed by atoms with Crippen LogP contribution in [0.4, 0.5) is 17.1 Å². The van der Waals surface area contributed by atoms with E-state index in [0.29, 0.717) is 0 Å². The van der Waals surface area contributed by atoms with Gasteiger partial charge in [-0.3, -0.25) is 0 Å². The van der Waals surface area contributed by atoms with Gasteiger partial charge in [0.05, 0.1) is 16.8 Å². The summed E-state index contributed by atoms with van der Waals surface area (Å²) in [4.78, 5) is 2.54. The van der Waals surface area contributed by atoms with Crippen LogP contribution in [0.5, 0.6) is 0 Å². The molecule has 0 saturated heterocycles. The second kappa shape index (κ2) is 12.0. The van der Waals surface area contributed by atoms with Gasteiger partial charge in [0.25, 0.3) is 0 Å². The number of rotatable bonds is 3. The molecule has 0 radical (unpaired) electrons. The van der Waals surface area contributed by atoms with Crippen LogP contribution in [0.2, 0.25) is 0 Å². The van der Waals surface area contributed by atoms with Crippen LogP contribution in [0, 0.1) is 0 Å². The van der Waals surface area contributed by atoms with Gasteiger partial charge in [-0.2, -0.15) is 0 Å². The number of anilines is 3. The maximum Gasteiger partial charge on any atom is 0.137 e. The van der Waals surface area contributed by atoms with E-state index in [1.807, 2.05) is 11.3 Å². The van der Waals surface area contributed by atoms with Crippen molar-refractivity contribution >= 4 is 70.5 Å². The average Bonchev–Trinajstić information content (AvgIpc) is 3.90. The molecule has 0 amide bonds. The molecule has 2 aliphatic carbocycles. The SMILES string of the molecule is CC(C)(C)c1cc(C(C)(C)C)c2sc3ccc4c(c3c2c1)C(C)(C)c1cccc(N(c2ccc3c(c2)C(C)(C)c2ccccc2-3)c2cccc3oc5ccccc5c23)c1-4. The predicted molar refractivity (Wildman–Crippen MR) is 254 cm³/mol. The molecule has 0 aliphatic heterocycles. The van der Waals surface area contributed by atoms with Gasteiger partial charge in [0.1, 0.15) is 11.2 Å². The molecular formula is C56H51NOS. The standard InChI is InChI=1S/C56H51NOS/c1-53(2,3)32-29-38-50-47(59-52(38)42(30-32)54(4,5)6)28-27-37-48-40(56(9,10)51(37)50)20-15-21-43(48)57(44-22-16-24-46-49(44)36-18-12-14-23-45(36)58-46)33-25-26-35-34-17-11-13-19-39(34)55(7,8)41(35)31-33/h11-31H,1-10H3. The molecule has 9 aromatic rings. The van der Waals surface area contributed by atoms with Crippen molar-refractivity contribution in [2.45, 2.75) is 90.9 Å². The molecule has 0 saturated carbocycles. The quantitative estimate of drug-likeness (QED) is 0.177. The molecule has 0 atom stereocenters. The minimum Gasteiger partial charge on any atom is -0.456 e. The van der Waals surface area contributed by atoms with Crippen LogP contribution in [0.1, 0.15) is 103 Å². The molecule has 0 unspecified atom stereocenters. The van der Waals surface area contributed by atoms with Gasteiger partial charge in [-0.15, -0.1) is 11.3 Å². The van der Waals surface area contributed by atoms with Crippen LogP contribution in [-0.2, 0) is 21.7 Å². The zero-order valence-corrected chi connectivity index (χ0v) is 36.7. The Morgan fingerprint density at radius 2 is 1.20 bits per heavy atom. The lowest BCUT2D eigenvalue weighted by molar-refractivity contribution is 0.573. The summed E-state index contributed by atoms with van der Waals surface area (Å²) in [5.41, 5.74) is 18.6. The highest BCUT2D eigenvalue weighted by Crippen LogP contribution is 2.59.